The molecule has 4 nitrogen and oxygen atoms in total. The van der Waals surface area contributed by atoms with Crippen LogP contribution in [0.2, 0.25) is 0 Å². The number of benzene rings is 1. The van der Waals surface area contributed by atoms with E-state index in [2.05, 4.69) is 28.2 Å². The number of carbonyl (C=O) groups is 1. The van der Waals surface area contributed by atoms with Crippen LogP contribution in [-0.4, -0.2) is 19.6 Å². The Balaban J connectivity index is 2.73. The van der Waals surface area contributed by atoms with Gasteiger partial charge in [-0.15, -0.1) is 0 Å². The summed E-state index contributed by atoms with van der Waals surface area (Å²) in [6.07, 6.45) is 1.78. The third-order valence-electron chi connectivity index (χ3n) is 3.33. The van der Waals surface area contributed by atoms with Crippen molar-refractivity contribution in [3.63, 3.8) is 0 Å². The summed E-state index contributed by atoms with van der Waals surface area (Å²) in [6, 6.07) is 5.73. The number of halogens is 1. The van der Waals surface area contributed by atoms with E-state index in [-0.39, 0.29) is 17.9 Å². The summed E-state index contributed by atoms with van der Waals surface area (Å²) in [7, 11) is 1.63. The molecule has 0 heterocycles. The summed E-state index contributed by atoms with van der Waals surface area (Å²) in [5, 5.41) is 3.02. The molecule has 0 fully saturated rings. The Morgan fingerprint density at radius 2 is 2.20 bits per heavy atom. The van der Waals surface area contributed by atoms with Crippen molar-refractivity contribution in [2.75, 3.05) is 13.7 Å². The molecule has 1 aromatic rings. The minimum absolute atomic E-state index is 0.0220. The van der Waals surface area contributed by atoms with Gasteiger partial charge in [-0.2, -0.15) is 0 Å². The summed E-state index contributed by atoms with van der Waals surface area (Å²) in [4.78, 5) is 12.1. The van der Waals surface area contributed by atoms with Crippen LogP contribution in [0.1, 0.15) is 38.3 Å². The van der Waals surface area contributed by atoms with Gasteiger partial charge in [0.2, 0.25) is 5.91 Å². The number of methoxy groups -OCH3 is 1. The Bertz CT molecular complexity index is 451. The highest BCUT2D eigenvalue weighted by Gasteiger charge is 2.18. The zero-order valence-corrected chi connectivity index (χ0v) is 13.9. The van der Waals surface area contributed by atoms with Gasteiger partial charge in [-0.1, -0.05) is 19.4 Å². The van der Waals surface area contributed by atoms with E-state index in [1.165, 1.54) is 0 Å². The molecule has 0 radical (unpaired) electrons. The smallest absolute Gasteiger partial charge is 0.224 e. The van der Waals surface area contributed by atoms with Crippen molar-refractivity contribution in [2.24, 2.45) is 11.7 Å². The fourth-order valence-corrected chi connectivity index (χ4v) is 2.63. The summed E-state index contributed by atoms with van der Waals surface area (Å²) in [6.45, 7) is 4.41. The fraction of sp³-hybridized carbons (Fsp3) is 0.533. The summed E-state index contributed by atoms with van der Waals surface area (Å²) >= 11 is 3.45. The molecule has 2 atom stereocenters. The van der Waals surface area contributed by atoms with Gasteiger partial charge in [-0.05, 0) is 47.0 Å². The number of ether oxygens (including phenoxy) is 1. The number of hydrogen-bond donors (Lipinski definition) is 2. The van der Waals surface area contributed by atoms with Gasteiger partial charge in [0.15, 0.2) is 0 Å². The van der Waals surface area contributed by atoms with E-state index in [0.717, 1.165) is 28.6 Å². The second kappa shape index (κ2) is 8.27. The van der Waals surface area contributed by atoms with Crippen molar-refractivity contribution in [1.82, 2.24) is 5.32 Å². The molecular formula is C15H23BrN2O2. The SMILES string of the molecule is CCCC(CN)C(=O)NC(C)c1ccc(OC)c(Br)c1. The minimum Gasteiger partial charge on any atom is -0.496 e. The highest BCUT2D eigenvalue weighted by molar-refractivity contribution is 9.10. The number of nitrogens with two attached hydrogens (primary N) is 1. The molecule has 0 aliphatic carbocycles. The van der Waals surface area contributed by atoms with Crippen molar-refractivity contribution in [3.05, 3.63) is 28.2 Å². The number of rotatable bonds is 7. The molecule has 20 heavy (non-hydrogen) atoms. The van der Waals surface area contributed by atoms with E-state index >= 15 is 0 Å². The van der Waals surface area contributed by atoms with E-state index in [9.17, 15) is 4.79 Å². The first-order chi connectivity index (χ1) is 9.53. The summed E-state index contributed by atoms with van der Waals surface area (Å²) < 4.78 is 6.07. The molecule has 0 bridgehead atoms. The maximum Gasteiger partial charge on any atom is 0.224 e. The number of hydrogen-bond acceptors (Lipinski definition) is 3. The lowest BCUT2D eigenvalue weighted by Crippen LogP contribution is -2.36. The van der Waals surface area contributed by atoms with Gasteiger partial charge in [-0.25, -0.2) is 0 Å². The molecule has 1 aromatic carbocycles. The van der Waals surface area contributed by atoms with E-state index in [1.54, 1.807) is 7.11 Å². The van der Waals surface area contributed by atoms with Crippen LogP contribution in [0.4, 0.5) is 0 Å². The Hall–Kier alpha value is -1.07. The van der Waals surface area contributed by atoms with Crippen LogP contribution in [0, 0.1) is 5.92 Å². The molecule has 2 unspecified atom stereocenters. The van der Waals surface area contributed by atoms with E-state index < -0.39 is 0 Å². The molecule has 0 saturated carbocycles. The molecule has 0 saturated heterocycles. The fourth-order valence-electron chi connectivity index (χ4n) is 2.07. The van der Waals surface area contributed by atoms with Crippen molar-refractivity contribution in [3.8, 4) is 5.75 Å². The molecular weight excluding hydrogens is 320 g/mol. The van der Waals surface area contributed by atoms with Crippen LogP contribution in [-0.2, 0) is 4.79 Å². The first kappa shape index (κ1) is 17.0. The van der Waals surface area contributed by atoms with E-state index in [0.29, 0.717) is 6.54 Å². The third-order valence-corrected chi connectivity index (χ3v) is 3.95. The van der Waals surface area contributed by atoms with Gasteiger partial charge in [-0.3, -0.25) is 4.79 Å². The quantitative estimate of drug-likeness (QED) is 0.800. The predicted octanol–water partition coefficient (Wildman–Crippen LogP) is 3.01. The second-order valence-electron chi connectivity index (χ2n) is 4.85. The largest absolute Gasteiger partial charge is 0.496 e. The van der Waals surface area contributed by atoms with Crippen LogP contribution >= 0.6 is 15.9 Å². The predicted molar refractivity (Wildman–Crippen MR) is 84.7 cm³/mol. The second-order valence-corrected chi connectivity index (χ2v) is 5.70. The first-order valence-corrected chi connectivity index (χ1v) is 7.66. The number of nitrogens with one attached hydrogen (secondary N) is 1. The number of amides is 1. The maximum absolute atomic E-state index is 12.1. The third kappa shape index (κ3) is 4.49. The van der Waals surface area contributed by atoms with Gasteiger partial charge in [0.05, 0.1) is 23.5 Å². The standard InChI is InChI=1S/C15H23BrN2O2/c1-4-5-12(9-17)15(19)18-10(2)11-6-7-14(20-3)13(16)8-11/h6-8,10,12H,4-5,9,17H2,1-3H3,(H,18,19). The van der Waals surface area contributed by atoms with Crippen molar-refractivity contribution in [2.45, 2.75) is 32.7 Å². The zero-order chi connectivity index (χ0) is 15.1. The Labute approximate surface area is 129 Å². The molecule has 1 rings (SSSR count). The van der Waals surface area contributed by atoms with Crippen LogP contribution < -0.4 is 15.8 Å². The summed E-state index contributed by atoms with van der Waals surface area (Å²) in [5.74, 6) is 0.691. The molecule has 1 amide bonds. The monoisotopic (exact) mass is 342 g/mol. The molecule has 5 heteroatoms. The van der Waals surface area contributed by atoms with Gasteiger partial charge in [0.1, 0.15) is 5.75 Å². The van der Waals surface area contributed by atoms with Gasteiger partial charge in [0.25, 0.3) is 0 Å². The molecule has 112 valence electrons. The Morgan fingerprint density at radius 1 is 1.50 bits per heavy atom. The molecule has 0 aliphatic rings. The van der Waals surface area contributed by atoms with Crippen LogP contribution in [0.25, 0.3) is 0 Å². The lowest BCUT2D eigenvalue weighted by molar-refractivity contribution is -0.125. The first-order valence-electron chi connectivity index (χ1n) is 6.87. The molecule has 0 spiro atoms. The number of carbonyl (C=O) groups excluding carboxylic acids is 1. The van der Waals surface area contributed by atoms with Crippen molar-refractivity contribution >= 4 is 21.8 Å². The van der Waals surface area contributed by atoms with Crippen LogP contribution in [0.5, 0.6) is 5.75 Å². The lowest BCUT2D eigenvalue weighted by atomic mass is 10.0. The minimum atomic E-state index is -0.107. The van der Waals surface area contributed by atoms with Crippen molar-refractivity contribution in [1.29, 1.82) is 0 Å². The Kier molecular flexibility index (Phi) is 7.02. The van der Waals surface area contributed by atoms with Gasteiger partial charge in [0, 0.05) is 6.54 Å². The van der Waals surface area contributed by atoms with E-state index in [4.69, 9.17) is 10.5 Å². The van der Waals surface area contributed by atoms with E-state index in [1.807, 2.05) is 25.1 Å². The lowest BCUT2D eigenvalue weighted by Gasteiger charge is -2.19. The maximum atomic E-state index is 12.1. The normalized spacial score (nSPS) is 13.7. The van der Waals surface area contributed by atoms with Gasteiger partial charge >= 0.3 is 0 Å². The van der Waals surface area contributed by atoms with Crippen molar-refractivity contribution < 1.29 is 9.53 Å². The molecule has 0 aliphatic heterocycles. The topological polar surface area (TPSA) is 64.4 Å². The average Bonchev–Trinajstić information content (AvgIpc) is 2.44. The molecule has 0 aromatic heterocycles. The molecule has 3 N–H and O–H groups in total. The zero-order valence-electron chi connectivity index (χ0n) is 12.3. The van der Waals surface area contributed by atoms with Gasteiger partial charge < -0.3 is 15.8 Å². The highest BCUT2D eigenvalue weighted by Crippen LogP contribution is 2.28. The Morgan fingerprint density at radius 3 is 2.70 bits per heavy atom. The summed E-state index contributed by atoms with van der Waals surface area (Å²) in [5.41, 5.74) is 6.68. The average molecular weight is 343 g/mol. The highest BCUT2D eigenvalue weighted by atomic mass is 79.9. The van der Waals surface area contributed by atoms with Crippen LogP contribution in [0.3, 0.4) is 0 Å². The van der Waals surface area contributed by atoms with Crippen LogP contribution in [0.15, 0.2) is 22.7 Å².